The number of halogens is 1. The van der Waals surface area contributed by atoms with Crippen molar-refractivity contribution < 1.29 is 14.8 Å². The largest absolute Gasteiger partial charge is 0.508 e. The molecule has 21 heavy (non-hydrogen) atoms. The number of phenolic OH excluding ortho intramolecular Hbond substituents is 1. The highest BCUT2D eigenvalue weighted by atomic mass is 35.5. The molecule has 0 saturated carbocycles. The van der Waals surface area contributed by atoms with Gasteiger partial charge in [0.2, 0.25) is 0 Å². The van der Waals surface area contributed by atoms with Gasteiger partial charge in [-0.1, -0.05) is 23.7 Å². The van der Waals surface area contributed by atoms with E-state index in [1.54, 1.807) is 13.0 Å². The van der Waals surface area contributed by atoms with Gasteiger partial charge >= 0.3 is 0 Å². The van der Waals surface area contributed by atoms with Crippen molar-refractivity contribution >= 4 is 28.9 Å². The maximum absolute atomic E-state index is 12.3. The number of nitrogens with one attached hydrogen (secondary N) is 1. The Morgan fingerprint density at radius 3 is 2.67 bits per heavy atom. The van der Waals surface area contributed by atoms with Crippen molar-refractivity contribution in [2.75, 3.05) is 5.32 Å². The summed E-state index contributed by atoms with van der Waals surface area (Å²) in [6.07, 6.45) is 0. The van der Waals surface area contributed by atoms with Gasteiger partial charge in [0.25, 0.3) is 11.6 Å². The van der Waals surface area contributed by atoms with Crippen molar-refractivity contribution in [3.05, 3.63) is 62.7 Å². The maximum Gasteiger partial charge on any atom is 0.282 e. The monoisotopic (exact) mass is 306 g/mol. The highest BCUT2D eigenvalue weighted by Gasteiger charge is 2.22. The zero-order valence-corrected chi connectivity index (χ0v) is 11.7. The second-order valence-electron chi connectivity index (χ2n) is 4.34. The number of benzene rings is 2. The summed E-state index contributed by atoms with van der Waals surface area (Å²) in [6, 6.07) is 8.43. The lowest BCUT2D eigenvalue weighted by atomic mass is 10.1. The first-order valence-electron chi connectivity index (χ1n) is 5.94. The van der Waals surface area contributed by atoms with Crippen LogP contribution in [-0.4, -0.2) is 15.9 Å². The number of nitro groups is 1. The van der Waals surface area contributed by atoms with Crippen LogP contribution in [0.1, 0.15) is 15.9 Å². The smallest absolute Gasteiger partial charge is 0.282 e. The van der Waals surface area contributed by atoms with E-state index >= 15 is 0 Å². The van der Waals surface area contributed by atoms with Crippen LogP contribution in [0.3, 0.4) is 0 Å². The second kappa shape index (κ2) is 5.80. The molecule has 2 N–H and O–H groups in total. The zero-order valence-electron chi connectivity index (χ0n) is 11.0. The number of hydrogen-bond donors (Lipinski definition) is 2. The molecule has 0 aliphatic carbocycles. The van der Waals surface area contributed by atoms with Gasteiger partial charge in [0.05, 0.1) is 15.6 Å². The average molecular weight is 307 g/mol. The number of aryl methyl sites for hydroxylation is 1. The molecule has 2 aromatic rings. The van der Waals surface area contributed by atoms with Crippen LogP contribution in [0.4, 0.5) is 11.4 Å². The SMILES string of the molecule is Cc1cccc([N+](=O)[O-])c1C(=O)Nc1ccc(O)cc1Cl. The normalized spacial score (nSPS) is 10.2. The maximum atomic E-state index is 12.3. The van der Waals surface area contributed by atoms with Crippen molar-refractivity contribution in [2.45, 2.75) is 6.92 Å². The third-order valence-corrected chi connectivity index (χ3v) is 3.19. The highest BCUT2D eigenvalue weighted by molar-refractivity contribution is 6.34. The average Bonchev–Trinajstić information content (AvgIpc) is 2.41. The molecule has 0 saturated heterocycles. The van der Waals surface area contributed by atoms with Crippen molar-refractivity contribution in [3.63, 3.8) is 0 Å². The molecule has 0 aromatic heterocycles. The van der Waals surface area contributed by atoms with Gasteiger partial charge in [-0.15, -0.1) is 0 Å². The van der Waals surface area contributed by atoms with E-state index in [9.17, 15) is 20.0 Å². The Morgan fingerprint density at radius 1 is 1.33 bits per heavy atom. The van der Waals surface area contributed by atoms with Gasteiger partial charge in [0.1, 0.15) is 11.3 Å². The van der Waals surface area contributed by atoms with Gasteiger partial charge in [0.15, 0.2) is 0 Å². The van der Waals surface area contributed by atoms with E-state index in [1.807, 2.05) is 0 Å². The van der Waals surface area contributed by atoms with Crippen LogP contribution >= 0.6 is 11.6 Å². The first-order chi connectivity index (χ1) is 9.90. The number of carbonyl (C=O) groups excluding carboxylic acids is 1. The Morgan fingerprint density at radius 2 is 2.05 bits per heavy atom. The topological polar surface area (TPSA) is 92.5 Å². The fourth-order valence-corrected chi connectivity index (χ4v) is 2.11. The van der Waals surface area contributed by atoms with Gasteiger partial charge in [-0.05, 0) is 24.6 Å². The first kappa shape index (κ1) is 14.8. The summed E-state index contributed by atoms with van der Waals surface area (Å²) in [5, 5.41) is 22.9. The van der Waals surface area contributed by atoms with Crippen molar-refractivity contribution in [2.24, 2.45) is 0 Å². The molecule has 1 amide bonds. The summed E-state index contributed by atoms with van der Waals surface area (Å²) in [6.45, 7) is 1.61. The number of hydrogen-bond acceptors (Lipinski definition) is 4. The fourth-order valence-electron chi connectivity index (χ4n) is 1.89. The number of amides is 1. The summed E-state index contributed by atoms with van der Waals surface area (Å²) in [5.74, 6) is -0.674. The van der Waals surface area contributed by atoms with Gasteiger partial charge in [-0.2, -0.15) is 0 Å². The van der Waals surface area contributed by atoms with Gasteiger partial charge in [-0.3, -0.25) is 14.9 Å². The van der Waals surface area contributed by atoms with Crippen LogP contribution in [-0.2, 0) is 0 Å². The van der Waals surface area contributed by atoms with E-state index in [0.717, 1.165) is 0 Å². The van der Waals surface area contributed by atoms with Crippen molar-refractivity contribution in [1.82, 2.24) is 0 Å². The molecule has 108 valence electrons. The Hall–Kier alpha value is -2.60. The zero-order chi connectivity index (χ0) is 15.6. The number of aromatic hydroxyl groups is 1. The standard InChI is InChI=1S/C14H11ClN2O4/c1-8-3-2-4-12(17(20)21)13(8)14(19)16-11-6-5-9(18)7-10(11)15/h2-7,18H,1H3,(H,16,19). The number of rotatable bonds is 3. The quantitative estimate of drug-likeness (QED) is 0.515. The third kappa shape index (κ3) is 3.11. The van der Waals surface area contributed by atoms with Crippen LogP contribution in [0.25, 0.3) is 0 Å². The molecule has 0 aliphatic heterocycles. The van der Waals surface area contributed by atoms with E-state index in [1.165, 1.54) is 30.3 Å². The Balaban J connectivity index is 2.39. The molecular formula is C14H11ClN2O4. The van der Waals surface area contributed by atoms with Crippen LogP contribution in [0.15, 0.2) is 36.4 Å². The molecule has 0 atom stereocenters. The van der Waals surface area contributed by atoms with Crippen LogP contribution in [0.5, 0.6) is 5.75 Å². The third-order valence-electron chi connectivity index (χ3n) is 2.88. The summed E-state index contributed by atoms with van der Waals surface area (Å²) in [5.41, 5.74) is 0.447. The van der Waals surface area contributed by atoms with E-state index in [2.05, 4.69) is 5.32 Å². The Labute approximate surface area is 125 Å². The number of nitrogens with zero attached hydrogens (tertiary/aromatic N) is 1. The van der Waals surface area contributed by atoms with Crippen molar-refractivity contribution in [3.8, 4) is 5.75 Å². The predicted molar refractivity (Wildman–Crippen MR) is 78.9 cm³/mol. The molecule has 2 aromatic carbocycles. The highest BCUT2D eigenvalue weighted by Crippen LogP contribution is 2.28. The molecule has 0 aliphatic rings. The van der Waals surface area contributed by atoms with E-state index < -0.39 is 10.8 Å². The minimum atomic E-state index is -0.632. The first-order valence-corrected chi connectivity index (χ1v) is 6.32. The lowest BCUT2D eigenvalue weighted by Crippen LogP contribution is -2.15. The van der Waals surface area contributed by atoms with Crippen LogP contribution in [0, 0.1) is 17.0 Å². The van der Waals surface area contributed by atoms with Crippen LogP contribution < -0.4 is 5.32 Å². The van der Waals surface area contributed by atoms with E-state index in [-0.39, 0.29) is 27.7 Å². The minimum absolute atomic E-state index is 0.0216. The number of carbonyl (C=O) groups is 1. The van der Waals surface area contributed by atoms with Gasteiger partial charge in [-0.25, -0.2) is 0 Å². The second-order valence-corrected chi connectivity index (χ2v) is 4.75. The number of phenols is 1. The number of nitro benzene ring substituents is 1. The minimum Gasteiger partial charge on any atom is -0.508 e. The van der Waals surface area contributed by atoms with Gasteiger partial charge < -0.3 is 10.4 Å². The van der Waals surface area contributed by atoms with Gasteiger partial charge in [0, 0.05) is 12.1 Å². The van der Waals surface area contributed by atoms with Crippen LogP contribution in [0.2, 0.25) is 5.02 Å². The predicted octanol–water partition coefficient (Wildman–Crippen LogP) is 3.51. The summed E-state index contributed by atoms with van der Waals surface area (Å²) in [4.78, 5) is 22.7. The fraction of sp³-hybridized carbons (Fsp3) is 0.0714. The van der Waals surface area contributed by atoms with Crippen molar-refractivity contribution in [1.29, 1.82) is 0 Å². The molecule has 0 fully saturated rings. The molecule has 0 spiro atoms. The number of anilines is 1. The molecular weight excluding hydrogens is 296 g/mol. The molecule has 0 heterocycles. The molecule has 7 heteroatoms. The van der Waals surface area contributed by atoms with E-state index in [0.29, 0.717) is 5.56 Å². The lowest BCUT2D eigenvalue weighted by molar-refractivity contribution is -0.385. The molecule has 0 radical (unpaired) electrons. The molecule has 6 nitrogen and oxygen atoms in total. The Kier molecular flexibility index (Phi) is 4.09. The van der Waals surface area contributed by atoms with E-state index in [4.69, 9.17) is 11.6 Å². The summed E-state index contributed by atoms with van der Waals surface area (Å²) < 4.78 is 0. The lowest BCUT2D eigenvalue weighted by Gasteiger charge is -2.09. The Bertz CT molecular complexity index is 731. The summed E-state index contributed by atoms with van der Waals surface area (Å²) in [7, 11) is 0. The molecule has 0 bridgehead atoms. The molecule has 0 unspecified atom stereocenters. The molecule has 2 rings (SSSR count). The summed E-state index contributed by atoms with van der Waals surface area (Å²) >= 11 is 5.89.